The number of hydrogen-bond donors (Lipinski definition) is 1. The lowest BCUT2D eigenvalue weighted by Gasteiger charge is -2.04. The Kier molecular flexibility index (Phi) is 4.30. The minimum Gasteiger partial charge on any atom is -0.262 e. The van der Waals surface area contributed by atoms with Gasteiger partial charge in [-0.3, -0.25) is 5.10 Å². The topological polar surface area (TPSA) is 41.6 Å². The lowest BCUT2D eigenvalue weighted by atomic mass is 10.1. The van der Waals surface area contributed by atoms with Crippen molar-refractivity contribution in [1.29, 1.82) is 0 Å². The Morgan fingerprint density at radius 3 is 2.54 bits per heavy atom. The maximum atomic E-state index is 4.60. The Bertz CT molecular complexity index is 942. The number of nitrogens with one attached hydrogen (secondary N) is 1. The summed E-state index contributed by atoms with van der Waals surface area (Å²) in [7, 11) is 0. The minimum atomic E-state index is 0.780. The number of rotatable bonds is 5. The van der Waals surface area contributed by atoms with Crippen LogP contribution < -0.4 is 0 Å². The van der Waals surface area contributed by atoms with Crippen molar-refractivity contribution in [3.63, 3.8) is 0 Å². The van der Waals surface area contributed by atoms with Crippen LogP contribution in [0.2, 0.25) is 0 Å². The molecule has 0 aliphatic heterocycles. The highest BCUT2D eigenvalue weighted by molar-refractivity contribution is 7.98. The van der Waals surface area contributed by atoms with Crippen molar-refractivity contribution in [2.24, 2.45) is 0 Å². The number of aromatic nitrogens is 3. The van der Waals surface area contributed by atoms with Crippen molar-refractivity contribution < 1.29 is 0 Å². The van der Waals surface area contributed by atoms with Crippen LogP contribution in [-0.2, 0) is 12.2 Å². The van der Waals surface area contributed by atoms with Crippen LogP contribution in [0, 0.1) is 0 Å². The third kappa shape index (κ3) is 3.34. The molecule has 4 rings (SSSR count). The number of nitrogens with zero attached hydrogens (tertiary/aromatic N) is 2. The van der Waals surface area contributed by atoms with Crippen molar-refractivity contribution in [3.05, 3.63) is 89.7 Å². The second-order valence-corrected chi connectivity index (χ2v) is 6.60. The molecule has 3 nitrogen and oxygen atoms in total. The second kappa shape index (κ2) is 6.89. The van der Waals surface area contributed by atoms with Gasteiger partial charge in [-0.1, -0.05) is 84.6 Å². The minimum absolute atomic E-state index is 0.780. The first kappa shape index (κ1) is 15.0. The van der Waals surface area contributed by atoms with Crippen LogP contribution in [0.3, 0.4) is 0 Å². The molecular formula is C20H17N3S. The molecule has 4 aromatic rings. The first-order valence-corrected chi connectivity index (χ1v) is 8.92. The SMILES string of the molecule is c1ccc(Cc2nc(SCc3cccc4ccccc34)n[nH]2)cc1. The molecule has 1 heterocycles. The monoisotopic (exact) mass is 331 g/mol. The maximum Gasteiger partial charge on any atom is 0.208 e. The highest BCUT2D eigenvalue weighted by Crippen LogP contribution is 2.25. The van der Waals surface area contributed by atoms with E-state index in [2.05, 4.69) is 69.8 Å². The van der Waals surface area contributed by atoms with E-state index in [9.17, 15) is 0 Å². The van der Waals surface area contributed by atoms with E-state index in [0.717, 1.165) is 23.2 Å². The highest BCUT2D eigenvalue weighted by Gasteiger charge is 2.07. The van der Waals surface area contributed by atoms with Gasteiger partial charge in [0.15, 0.2) is 0 Å². The van der Waals surface area contributed by atoms with Crippen molar-refractivity contribution in [2.45, 2.75) is 17.3 Å². The first-order valence-electron chi connectivity index (χ1n) is 7.93. The molecule has 0 spiro atoms. The molecule has 3 aromatic carbocycles. The predicted octanol–water partition coefficient (Wildman–Crippen LogP) is 4.84. The summed E-state index contributed by atoms with van der Waals surface area (Å²) < 4.78 is 0. The van der Waals surface area contributed by atoms with Gasteiger partial charge in [-0.05, 0) is 21.9 Å². The average Bonchev–Trinajstić information content (AvgIpc) is 3.08. The average molecular weight is 331 g/mol. The van der Waals surface area contributed by atoms with Gasteiger partial charge in [0.25, 0.3) is 0 Å². The first-order chi connectivity index (χ1) is 11.9. The molecule has 0 fully saturated rings. The Morgan fingerprint density at radius 1 is 0.833 bits per heavy atom. The molecule has 0 saturated carbocycles. The van der Waals surface area contributed by atoms with Gasteiger partial charge in [0.2, 0.25) is 5.16 Å². The van der Waals surface area contributed by atoms with Crippen LogP contribution in [0.1, 0.15) is 17.0 Å². The van der Waals surface area contributed by atoms with Gasteiger partial charge in [-0.2, -0.15) is 0 Å². The van der Waals surface area contributed by atoms with Crippen LogP contribution in [-0.4, -0.2) is 15.2 Å². The summed E-state index contributed by atoms with van der Waals surface area (Å²) in [6.45, 7) is 0. The number of fused-ring (bicyclic) bond motifs is 1. The van der Waals surface area contributed by atoms with Crippen LogP contribution in [0.5, 0.6) is 0 Å². The Balaban J connectivity index is 1.46. The van der Waals surface area contributed by atoms with Crippen molar-refractivity contribution >= 4 is 22.5 Å². The summed E-state index contributed by atoms with van der Waals surface area (Å²) in [6, 6.07) is 25.2. The fourth-order valence-electron chi connectivity index (χ4n) is 2.77. The molecule has 0 saturated heterocycles. The summed E-state index contributed by atoms with van der Waals surface area (Å²) in [5.74, 6) is 1.77. The molecule has 1 N–H and O–H groups in total. The zero-order valence-corrected chi connectivity index (χ0v) is 14.0. The fourth-order valence-corrected chi connectivity index (χ4v) is 3.59. The second-order valence-electron chi connectivity index (χ2n) is 5.65. The summed E-state index contributed by atoms with van der Waals surface area (Å²) >= 11 is 1.67. The van der Waals surface area contributed by atoms with Crippen LogP contribution in [0.15, 0.2) is 78.0 Å². The molecule has 4 heteroatoms. The van der Waals surface area contributed by atoms with E-state index in [1.165, 1.54) is 21.9 Å². The van der Waals surface area contributed by atoms with E-state index in [-0.39, 0.29) is 0 Å². The molecule has 0 aliphatic rings. The van der Waals surface area contributed by atoms with Gasteiger partial charge >= 0.3 is 0 Å². The fraction of sp³-hybridized carbons (Fsp3) is 0.100. The number of benzene rings is 3. The standard InChI is InChI=1S/C20H17N3S/c1-2-7-15(8-3-1)13-19-21-20(23-22-19)24-14-17-11-6-10-16-9-4-5-12-18(16)17/h1-12H,13-14H2,(H,21,22,23). The molecule has 0 aliphatic carbocycles. The third-order valence-corrected chi connectivity index (χ3v) is 4.86. The van der Waals surface area contributed by atoms with Gasteiger partial charge in [-0.25, -0.2) is 4.98 Å². The van der Waals surface area contributed by atoms with Gasteiger partial charge in [0.05, 0.1) is 0 Å². The van der Waals surface area contributed by atoms with E-state index in [1.807, 2.05) is 18.2 Å². The quantitative estimate of drug-likeness (QED) is 0.532. The molecule has 0 bridgehead atoms. The number of thioether (sulfide) groups is 1. The smallest absolute Gasteiger partial charge is 0.208 e. The molecule has 0 radical (unpaired) electrons. The largest absolute Gasteiger partial charge is 0.262 e. The molecule has 1 aromatic heterocycles. The van der Waals surface area contributed by atoms with Crippen molar-refractivity contribution in [1.82, 2.24) is 15.2 Å². The number of aromatic amines is 1. The van der Waals surface area contributed by atoms with Crippen LogP contribution in [0.25, 0.3) is 10.8 Å². The zero-order valence-electron chi connectivity index (χ0n) is 13.1. The third-order valence-electron chi connectivity index (χ3n) is 3.96. The Hall–Kier alpha value is -2.59. The van der Waals surface area contributed by atoms with E-state index in [1.54, 1.807) is 11.8 Å². The maximum absolute atomic E-state index is 4.60. The summed E-state index contributed by atoms with van der Waals surface area (Å²) in [4.78, 5) is 4.60. The van der Waals surface area contributed by atoms with Crippen molar-refractivity contribution in [2.75, 3.05) is 0 Å². The molecule has 0 unspecified atom stereocenters. The Morgan fingerprint density at radius 2 is 1.62 bits per heavy atom. The summed E-state index contributed by atoms with van der Waals surface area (Å²) in [5, 5.41) is 10.8. The molecule has 0 amide bonds. The molecular weight excluding hydrogens is 314 g/mol. The highest BCUT2D eigenvalue weighted by atomic mass is 32.2. The van der Waals surface area contributed by atoms with E-state index < -0.39 is 0 Å². The molecule has 24 heavy (non-hydrogen) atoms. The van der Waals surface area contributed by atoms with Crippen LogP contribution >= 0.6 is 11.8 Å². The van der Waals surface area contributed by atoms with Gasteiger partial charge in [0.1, 0.15) is 5.82 Å². The molecule has 118 valence electrons. The Labute approximate surface area is 145 Å². The predicted molar refractivity (Wildman–Crippen MR) is 99.1 cm³/mol. The summed E-state index contributed by atoms with van der Waals surface area (Å²) in [5.41, 5.74) is 2.55. The van der Waals surface area contributed by atoms with Gasteiger partial charge < -0.3 is 0 Å². The van der Waals surface area contributed by atoms with Crippen LogP contribution in [0.4, 0.5) is 0 Å². The lowest BCUT2D eigenvalue weighted by molar-refractivity contribution is 0.956. The normalized spacial score (nSPS) is 11.0. The number of H-pyrrole nitrogens is 1. The van der Waals surface area contributed by atoms with E-state index in [4.69, 9.17) is 0 Å². The molecule has 0 atom stereocenters. The number of hydrogen-bond acceptors (Lipinski definition) is 3. The van der Waals surface area contributed by atoms with Gasteiger partial charge in [0, 0.05) is 12.2 Å². The summed E-state index contributed by atoms with van der Waals surface area (Å²) in [6.07, 6.45) is 0.780. The zero-order chi connectivity index (χ0) is 16.2. The lowest BCUT2D eigenvalue weighted by Crippen LogP contribution is -1.90. The van der Waals surface area contributed by atoms with Gasteiger partial charge in [-0.15, -0.1) is 5.10 Å². The van der Waals surface area contributed by atoms with Crippen molar-refractivity contribution in [3.8, 4) is 0 Å². The van der Waals surface area contributed by atoms with E-state index >= 15 is 0 Å². The van der Waals surface area contributed by atoms with E-state index in [0.29, 0.717) is 0 Å².